The Morgan fingerprint density at radius 2 is 2.11 bits per heavy atom. The molecule has 1 aromatic heterocycles. The molecule has 2 rings (SSSR count). The fourth-order valence-electron chi connectivity index (χ4n) is 2.08. The second kappa shape index (κ2) is 5.14. The minimum Gasteiger partial charge on any atom is -0.382 e. The van der Waals surface area contributed by atoms with Crippen LogP contribution in [-0.2, 0) is 6.42 Å². The average molecular weight is 308 g/mol. The number of nitrogens with two attached hydrogens (primary N) is 1. The van der Waals surface area contributed by atoms with Gasteiger partial charge in [0.1, 0.15) is 5.82 Å². The maximum Gasteiger partial charge on any atom is 0.149 e. The number of hydrogen-bond donors (Lipinski definition) is 2. The number of aromatic nitrogens is 2. The van der Waals surface area contributed by atoms with E-state index in [1.54, 1.807) is 0 Å². The van der Waals surface area contributed by atoms with Crippen LogP contribution in [0.15, 0.2) is 22.7 Å². The molecule has 1 aromatic carbocycles. The molecule has 2 aromatic rings. The van der Waals surface area contributed by atoms with Gasteiger partial charge in [-0.25, -0.2) is 0 Å². The van der Waals surface area contributed by atoms with E-state index in [2.05, 4.69) is 59.0 Å². The van der Waals surface area contributed by atoms with Crippen LogP contribution >= 0.6 is 15.9 Å². The molecule has 18 heavy (non-hydrogen) atoms. The highest BCUT2D eigenvalue weighted by molar-refractivity contribution is 9.10. The summed E-state index contributed by atoms with van der Waals surface area (Å²) in [5, 5.41) is 7.22. The van der Waals surface area contributed by atoms with Gasteiger partial charge < -0.3 is 5.73 Å². The van der Waals surface area contributed by atoms with Gasteiger partial charge in [-0.1, -0.05) is 35.8 Å². The van der Waals surface area contributed by atoms with E-state index in [0.29, 0.717) is 11.7 Å². The van der Waals surface area contributed by atoms with Crippen LogP contribution in [0, 0.1) is 12.8 Å². The van der Waals surface area contributed by atoms with Crippen LogP contribution in [0.2, 0.25) is 0 Å². The molecule has 0 saturated carbocycles. The first kappa shape index (κ1) is 13.1. The first-order valence-corrected chi connectivity index (χ1v) is 6.87. The Kier molecular flexibility index (Phi) is 3.76. The molecule has 0 atom stereocenters. The van der Waals surface area contributed by atoms with Crippen LogP contribution < -0.4 is 5.73 Å². The summed E-state index contributed by atoms with van der Waals surface area (Å²) in [5.74, 6) is 1.16. The Labute approximate surface area is 116 Å². The molecule has 0 unspecified atom stereocenters. The normalized spacial score (nSPS) is 11.2. The number of nitrogens with zero attached hydrogens (tertiary/aromatic N) is 1. The predicted molar refractivity (Wildman–Crippen MR) is 79.4 cm³/mol. The second-order valence-electron chi connectivity index (χ2n) is 5.02. The third kappa shape index (κ3) is 2.58. The van der Waals surface area contributed by atoms with E-state index in [1.165, 1.54) is 5.56 Å². The molecule has 1 heterocycles. The summed E-state index contributed by atoms with van der Waals surface area (Å²) in [6.07, 6.45) is 0.934. The number of nitrogen functional groups attached to an aromatic ring is 1. The molecule has 4 heteroatoms. The van der Waals surface area contributed by atoms with Gasteiger partial charge in [0.15, 0.2) is 0 Å². The van der Waals surface area contributed by atoms with Crippen molar-refractivity contribution in [1.29, 1.82) is 0 Å². The standard InChI is InChI=1S/C14H18BrN3/c1-8(2)6-12-13(17-18-14(12)16)11-7-10(15)5-4-9(11)3/h4-5,7-8H,6H2,1-3H3,(H3,16,17,18). The van der Waals surface area contributed by atoms with E-state index in [4.69, 9.17) is 5.73 Å². The predicted octanol–water partition coefficient (Wildman–Crippen LogP) is 3.93. The minimum absolute atomic E-state index is 0.552. The van der Waals surface area contributed by atoms with Crippen molar-refractivity contribution < 1.29 is 0 Å². The lowest BCUT2D eigenvalue weighted by Crippen LogP contribution is -1.99. The molecule has 3 N–H and O–H groups in total. The Morgan fingerprint density at radius 1 is 1.39 bits per heavy atom. The Morgan fingerprint density at radius 3 is 2.78 bits per heavy atom. The maximum atomic E-state index is 5.96. The van der Waals surface area contributed by atoms with E-state index in [-0.39, 0.29) is 0 Å². The summed E-state index contributed by atoms with van der Waals surface area (Å²) < 4.78 is 1.06. The topological polar surface area (TPSA) is 54.7 Å². The molecule has 0 aliphatic rings. The van der Waals surface area contributed by atoms with Crippen LogP contribution in [0.3, 0.4) is 0 Å². The summed E-state index contributed by atoms with van der Waals surface area (Å²) in [4.78, 5) is 0. The van der Waals surface area contributed by atoms with E-state index in [1.807, 2.05) is 6.07 Å². The molecule has 0 bridgehead atoms. The molecule has 0 amide bonds. The largest absolute Gasteiger partial charge is 0.382 e. The lowest BCUT2D eigenvalue weighted by Gasteiger charge is -2.09. The highest BCUT2D eigenvalue weighted by atomic mass is 79.9. The molecule has 0 spiro atoms. The molecular weight excluding hydrogens is 290 g/mol. The first-order chi connectivity index (χ1) is 8.49. The number of halogens is 1. The SMILES string of the molecule is Cc1ccc(Br)cc1-c1[nH]nc(N)c1CC(C)C. The van der Waals surface area contributed by atoms with Crippen LogP contribution in [-0.4, -0.2) is 10.2 Å². The van der Waals surface area contributed by atoms with Crippen molar-refractivity contribution in [3.8, 4) is 11.3 Å². The lowest BCUT2D eigenvalue weighted by atomic mass is 9.97. The van der Waals surface area contributed by atoms with Gasteiger partial charge in [-0.05, 0) is 37.0 Å². The molecule has 0 saturated heterocycles. The van der Waals surface area contributed by atoms with Gasteiger partial charge in [0.25, 0.3) is 0 Å². The maximum absolute atomic E-state index is 5.96. The smallest absolute Gasteiger partial charge is 0.149 e. The summed E-state index contributed by atoms with van der Waals surface area (Å²) >= 11 is 3.51. The quantitative estimate of drug-likeness (QED) is 0.902. The van der Waals surface area contributed by atoms with E-state index in [9.17, 15) is 0 Å². The van der Waals surface area contributed by atoms with Crippen LogP contribution in [0.4, 0.5) is 5.82 Å². The molecular formula is C14H18BrN3. The second-order valence-corrected chi connectivity index (χ2v) is 5.94. The van der Waals surface area contributed by atoms with E-state index in [0.717, 1.165) is 27.7 Å². The van der Waals surface area contributed by atoms with Crippen molar-refractivity contribution in [2.24, 2.45) is 5.92 Å². The molecule has 0 radical (unpaired) electrons. The van der Waals surface area contributed by atoms with Crippen molar-refractivity contribution in [2.75, 3.05) is 5.73 Å². The fraction of sp³-hybridized carbons (Fsp3) is 0.357. The summed E-state index contributed by atoms with van der Waals surface area (Å²) in [5.41, 5.74) is 10.5. The Bertz CT molecular complexity index is 558. The van der Waals surface area contributed by atoms with Crippen molar-refractivity contribution in [1.82, 2.24) is 10.2 Å². The van der Waals surface area contributed by atoms with Gasteiger partial charge in [-0.3, -0.25) is 5.10 Å². The highest BCUT2D eigenvalue weighted by Gasteiger charge is 2.15. The Balaban J connectivity index is 2.53. The number of hydrogen-bond acceptors (Lipinski definition) is 2. The lowest BCUT2D eigenvalue weighted by molar-refractivity contribution is 0.649. The van der Waals surface area contributed by atoms with Gasteiger partial charge in [0.2, 0.25) is 0 Å². The fourth-order valence-corrected chi connectivity index (χ4v) is 2.44. The summed E-state index contributed by atoms with van der Waals surface area (Å²) in [6.45, 7) is 6.46. The molecule has 0 aliphatic heterocycles. The number of anilines is 1. The Hall–Kier alpha value is -1.29. The van der Waals surface area contributed by atoms with Crippen LogP contribution in [0.5, 0.6) is 0 Å². The number of nitrogens with one attached hydrogen (secondary N) is 1. The number of aryl methyl sites for hydroxylation is 1. The monoisotopic (exact) mass is 307 g/mol. The number of rotatable bonds is 3. The molecule has 3 nitrogen and oxygen atoms in total. The van der Waals surface area contributed by atoms with Gasteiger partial charge in [0.05, 0.1) is 5.69 Å². The highest BCUT2D eigenvalue weighted by Crippen LogP contribution is 2.31. The zero-order valence-corrected chi connectivity index (χ0v) is 12.5. The zero-order chi connectivity index (χ0) is 13.3. The van der Waals surface area contributed by atoms with Crippen molar-refractivity contribution in [3.05, 3.63) is 33.8 Å². The van der Waals surface area contributed by atoms with Crippen molar-refractivity contribution >= 4 is 21.7 Å². The molecule has 0 aliphatic carbocycles. The average Bonchev–Trinajstić information content (AvgIpc) is 2.64. The van der Waals surface area contributed by atoms with Crippen molar-refractivity contribution in [2.45, 2.75) is 27.2 Å². The third-order valence-electron chi connectivity index (χ3n) is 2.98. The number of benzene rings is 1. The van der Waals surface area contributed by atoms with Gasteiger partial charge >= 0.3 is 0 Å². The minimum atomic E-state index is 0.552. The number of H-pyrrole nitrogens is 1. The van der Waals surface area contributed by atoms with Crippen LogP contribution in [0.25, 0.3) is 11.3 Å². The molecule has 0 fully saturated rings. The third-order valence-corrected chi connectivity index (χ3v) is 3.47. The van der Waals surface area contributed by atoms with E-state index >= 15 is 0 Å². The summed E-state index contributed by atoms with van der Waals surface area (Å²) in [6, 6.07) is 6.24. The van der Waals surface area contributed by atoms with E-state index < -0.39 is 0 Å². The van der Waals surface area contributed by atoms with Gasteiger partial charge in [-0.2, -0.15) is 5.10 Å². The van der Waals surface area contributed by atoms with Gasteiger partial charge in [0, 0.05) is 15.6 Å². The zero-order valence-electron chi connectivity index (χ0n) is 10.9. The molecule has 96 valence electrons. The van der Waals surface area contributed by atoms with Gasteiger partial charge in [-0.15, -0.1) is 0 Å². The van der Waals surface area contributed by atoms with Crippen molar-refractivity contribution in [3.63, 3.8) is 0 Å². The number of aromatic amines is 1. The summed E-state index contributed by atoms with van der Waals surface area (Å²) in [7, 11) is 0. The van der Waals surface area contributed by atoms with Crippen LogP contribution in [0.1, 0.15) is 25.0 Å². The first-order valence-electron chi connectivity index (χ1n) is 6.08.